The zero-order valence-electron chi connectivity index (χ0n) is 10.1. The Kier molecular flexibility index (Phi) is 4.35. The summed E-state index contributed by atoms with van der Waals surface area (Å²) in [5.74, 6) is 0.670. The van der Waals surface area contributed by atoms with Gasteiger partial charge in [0.2, 0.25) is 5.95 Å². The van der Waals surface area contributed by atoms with Gasteiger partial charge in [0.15, 0.2) is 0 Å². The maximum atomic E-state index is 11.2. The van der Waals surface area contributed by atoms with Crippen molar-refractivity contribution in [2.24, 2.45) is 0 Å². The number of anilines is 1. The first-order chi connectivity index (χ1) is 8.69. The number of piperidine rings is 1. The van der Waals surface area contributed by atoms with Gasteiger partial charge in [0.05, 0.1) is 11.0 Å². The van der Waals surface area contributed by atoms with Gasteiger partial charge in [-0.2, -0.15) is 0 Å². The first-order valence-electron chi connectivity index (χ1n) is 5.80. The van der Waals surface area contributed by atoms with E-state index in [0.717, 1.165) is 23.9 Å². The highest BCUT2D eigenvalue weighted by Crippen LogP contribution is 2.18. The second-order valence-corrected chi connectivity index (χ2v) is 4.98. The number of aromatic nitrogens is 2. The lowest BCUT2D eigenvalue weighted by molar-refractivity contribution is 0.0898. The summed E-state index contributed by atoms with van der Waals surface area (Å²) in [6.45, 7) is 1.52. The van der Waals surface area contributed by atoms with Gasteiger partial charge in [-0.1, -0.05) is 0 Å². The minimum absolute atomic E-state index is 0.106. The molecule has 1 aromatic rings. The van der Waals surface area contributed by atoms with Crippen molar-refractivity contribution in [1.29, 1.82) is 0 Å². The molecule has 7 heteroatoms. The van der Waals surface area contributed by atoms with Crippen LogP contribution in [-0.4, -0.2) is 42.3 Å². The van der Waals surface area contributed by atoms with Crippen molar-refractivity contribution in [2.75, 3.05) is 25.0 Å². The van der Waals surface area contributed by atoms with E-state index in [1.54, 1.807) is 19.4 Å². The standard InChI is InChI=1S/C11H15BrN4O2/c1-13-11(17)18-9-3-2-4-16(7-9)10-14-5-8(12)6-15-10/h5-6,9H,2-4,7H2,1H3,(H,13,17). The van der Waals surface area contributed by atoms with Gasteiger partial charge >= 0.3 is 6.09 Å². The molecule has 1 aliphatic heterocycles. The highest BCUT2D eigenvalue weighted by Gasteiger charge is 2.24. The second kappa shape index (κ2) is 5.99. The van der Waals surface area contributed by atoms with Crippen LogP contribution in [0.15, 0.2) is 16.9 Å². The number of nitrogens with one attached hydrogen (secondary N) is 1. The molecule has 1 atom stereocenters. The average molecular weight is 315 g/mol. The summed E-state index contributed by atoms with van der Waals surface area (Å²) in [6.07, 6.45) is 4.77. The summed E-state index contributed by atoms with van der Waals surface area (Å²) < 4.78 is 6.11. The molecule has 0 aromatic carbocycles. The maximum Gasteiger partial charge on any atom is 0.407 e. The van der Waals surface area contributed by atoms with Crippen LogP contribution in [0.2, 0.25) is 0 Å². The lowest BCUT2D eigenvalue weighted by atomic mass is 10.1. The van der Waals surface area contributed by atoms with Crippen molar-refractivity contribution in [1.82, 2.24) is 15.3 Å². The third-order valence-corrected chi connectivity index (χ3v) is 3.16. The Labute approximate surface area is 114 Å². The Bertz CT molecular complexity index is 412. The highest BCUT2D eigenvalue weighted by atomic mass is 79.9. The number of ether oxygens (including phenoxy) is 1. The number of nitrogens with zero attached hydrogens (tertiary/aromatic N) is 3. The number of alkyl carbamates (subject to hydrolysis) is 1. The van der Waals surface area contributed by atoms with Gasteiger partial charge in [-0.3, -0.25) is 0 Å². The summed E-state index contributed by atoms with van der Waals surface area (Å²) in [7, 11) is 1.56. The summed E-state index contributed by atoms with van der Waals surface area (Å²) in [6, 6.07) is 0. The average Bonchev–Trinajstić information content (AvgIpc) is 2.40. The summed E-state index contributed by atoms with van der Waals surface area (Å²) in [5.41, 5.74) is 0. The zero-order chi connectivity index (χ0) is 13.0. The fourth-order valence-corrected chi connectivity index (χ4v) is 2.10. The summed E-state index contributed by atoms with van der Waals surface area (Å²) >= 11 is 3.30. The number of carbonyl (C=O) groups is 1. The quantitative estimate of drug-likeness (QED) is 0.897. The predicted molar refractivity (Wildman–Crippen MR) is 70.5 cm³/mol. The molecule has 0 spiro atoms. The van der Waals surface area contributed by atoms with Crippen molar-refractivity contribution in [3.63, 3.8) is 0 Å². The lowest BCUT2D eigenvalue weighted by Gasteiger charge is -2.32. The van der Waals surface area contributed by atoms with Crippen LogP contribution in [-0.2, 0) is 4.74 Å². The largest absolute Gasteiger partial charge is 0.444 e. The van der Waals surface area contributed by atoms with E-state index in [4.69, 9.17) is 4.74 Å². The van der Waals surface area contributed by atoms with Gasteiger partial charge in [0.25, 0.3) is 0 Å². The van der Waals surface area contributed by atoms with Gasteiger partial charge < -0.3 is 15.0 Å². The molecule has 0 bridgehead atoms. The number of halogens is 1. The highest BCUT2D eigenvalue weighted by molar-refractivity contribution is 9.10. The molecule has 1 N–H and O–H groups in total. The number of hydrogen-bond acceptors (Lipinski definition) is 5. The molecule has 1 aliphatic rings. The molecule has 1 amide bonds. The monoisotopic (exact) mass is 314 g/mol. The molecule has 6 nitrogen and oxygen atoms in total. The molecule has 1 unspecified atom stereocenters. The van der Waals surface area contributed by atoms with Crippen molar-refractivity contribution < 1.29 is 9.53 Å². The Hall–Kier alpha value is -1.37. The molecule has 0 saturated carbocycles. The lowest BCUT2D eigenvalue weighted by Crippen LogP contribution is -2.42. The van der Waals surface area contributed by atoms with Gasteiger partial charge in [-0.15, -0.1) is 0 Å². The van der Waals surface area contributed by atoms with Gasteiger partial charge in [0, 0.05) is 26.0 Å². The number of amides is 1. The van der Waals surface area contributed by atoms with Crippen LogP contribution in [0.5, 0.6) is 0 Å². The SMILES string of the molecule is CNC(=O)OC1CCCN(c2ncc(Br)cn2)C1. The molecule has 0 aliphatic carbocycles. The number of carbonyl (C=O) groups excluding carboxylic acids is 1. The molecule has 1 aromatic heterocycles. The molecule has 2 rings (SSSR count). The molecular formula is C11H15BrN4O2. The summed E-state index contributed by atoms with van der Waals surface area (Å²) in [5, 5.41) is 2.46. The Morgan fingerprint density at radius 2 is 2.28 bits per heavy atom. The van der Waals surface area contributed by atoms with E-state index in [0.29, 0.717) is 12.5 Å². The minimum atomic E-state index is -0.390. The van der Waals surface area contributed by atoms with E-state index < -0.39 is 6.09 Å². The zero-order valence-corrected chi connectivity index (χ0v) is 11.7. The van der Waals surface area contributed by atoms with Crippen molar-refractivity contribution in [2.45, 2.75) is 18.9 Å². The van der Waals surface area contributed by atoms with Crippen LogP contribution in [0, 0.1) is 0 Å². The predicted octanol–water partition coefficient (Wildman–Crippen LogP) is 1.56. The normalized spacial score (nSPS) is 19.4. The smallest absolute Gasteiger partial charge is 0.407 e. The van der Waals surface area contributed by atoms with E-state index in [1.807, 2.05) is 4.90 Å². The van der Waals surface area contributed by atoms with Crippen LogP contribution in [0.25, 0.3) is 0 Å². The molecule has 1 saturated heterocycles. The Balaban J connectivity index is 1.98. The van der Waals surface area contributed by atoms with Crippen molar-refractivity contribution >= 4 is 28.0 Å². The van der Waals surface area contributed by atoms with Crippen LogP contribution in [0.3, 0.4) is 0 Å². The van der Waals surface area contributed by atoms with Crippen LogP contribution >= 0.6 is 15.9 Å². The van der Waals surface area contributed by atoms with Gasteiger partial charge in [0.1, 0.15) is 6.10 Å². The van der Waals surface area contributed by atoms with Crippen molar-refractivity contribution in [3.8, 4) is 0 Å². The van der Waals surface area contributed by atoms with E-state index in [9.17, 15) is 4.79 Å². The first-order valence-corrected chi connectivity index (χ1v) is 6.59. The fraction of sp³-hybridized carbons (Fsp3) is 0.545. The molecule has 18 heavy (non-hydrogen) atoms. The third kappa shape index (κ3) is 3.32. The van der Waals surface area contributed by atoms with Crippen LogP contribution < -0.4 is 10.2 Å². The molecular weight excluding hydrogens is 300 g/mol. The first kappa shape index (κ1) is 13.1. The summed E-state index contributed by atoms with van der Waals surface area (Å²) in [4.78, 5) is 21.7. The van der Waals surface area contributed by atoms with Crippen LogP contribution in [0.4, 0.5) is 10.7 Å². The topological polar surface area (TPSA) is 67.3 Å². The molecule has 0 radical (unpaired) electrons. The van der Waals surface area contributed by atoms with Crippen LogP contribution in [0.1, 0.15) is 12.8 Å². The van der Waals surface area contributed by atoms with Gasteiger partial charge in [-0.05, 0) is 28.8 Å². The van der Waals surface area contributed by atoms with E-state index in [1.165, 1.54) is 0 Å². The number of hydrogen-bond donors (Lipinski definition) is 1. The second-order valence-electron chi connectivity index (χ2n) is 4.07. The van der Waals surface area contributed by atoms with E-state index >= 15 is 0 Å². The maximum absolute atomic E-state index is 11.2. The Morgan fingerprint density at radius 3 is 2.94 bits per heavy atom. The minimum Gasteiger partial charge on any atom is -0.444 e. The van der Waals surface area contributed by atoms with E-state index in [2.05, 4.69) is 31.2 Å². The third-order valence-electron chi connectivity index (χ3n) is 2.75. The molecule has 2 heterocycles. The molecule has 98 valence electrons. The van der Waals surface area contributed by atoms with E-state index in [-0.39, 0.29) is 6.10 Å². The van der Waals surface area contributed by atoms with Crippen molar-refractivity contribution in [3.05, 3.63) is 16.9 Å². The fourth-order valence-electron chi connectivity index (χ4n) is 1.90. The molecule has 1 fully saturated rings. The number of rotatable bonds is 2. The Morgan fingerprint density at radius 1 is 1.56 bits per heavy atom. The van der Waals surface area contributed by atoms with Gasteiger partial charge in [-0.25, -0.2) is 14.8 Å².